The quantitative estimate of drug-likeness (QED) is 0.331. The van der Waals surface area contributed by atoms with Gasteiger partial charge in [0.15, 0.2) is 17.3 Å². The smallest absolute Gasteiger partial charge is 0.235 e. The van der Waals surface area contributed by atoms with Gasteiger partial charge in [-0.25, -0.2) is 0 Å². The maximum atomic E-state index is 12.9. The van der Waals surface area contributed by atoms with Crippen molar-refractivity contribution in [3.05, 3.63) is 88.6 Å². The van der Waals surface area contributed by atoms with E-state index in [0.29, 0.717) is 40.4 Å². The zero-order valence-corrected chi connectivity index (χ0v) is 17.8. The zero-order chi connectivity index (χ0) is 21.6. The van der Waals surface area contributed by atoms with Crippen molar-refractivity contribution in [3.63, 3.8) is 0 Å². The number of hydrogen-bond donors (Lipinski definition) is 0. The average Bonchev–Trinajstić information content (AvgIpc) is 2.82. The summed E-state index contributed by atoms with van der Waals surface area (Å²) >= 11 is 0.833. The molecule has 0 amide bonds. The van der Waals surface area contributed by atoms with Gasteiger partial charge in [-0.15, -0.1) is 0 Å². The van der Waals surface area contributed by atoms with Crippen LogP contribution in [-0.2, 0) is 10.8 Å². The van der Waals surface area contributed by atoms with Gasteiger partial charge in [-0.3, -0.25) is 8.98 Å². The third-order valence-corrected chi connectivity index (χ3v) is 4.98. The van der Waals surface area contributed by atoms with Crippen LogP contribution in [0, 0.1) is 0 Å². The highest BCUT2D eigenvalue weighted by atomic mass is 32.2. The van der Waals surface area contributed by atoms with E-state index in [9.17, 15) is 4.79 Å². The third-order valence-electron chi connectivity index (χ3n) is 4.60. The average molecular weight is 436 g/mol. The first-order chi connectivity index (χ1) is 15.2. The molecule has 4 aromatic rings. The second-order valence-corrected chi connectivity index (χ2v) is 7.18. The molecule has 0 aliphatic carbocycles. The van der Waals surface area contributed by atoms with E-state index in [1.54, 1.807) is 36.4 Å². The number of methoxy groups -OCH3 is 1. The molecule has 0 saturated carbocycles. The van der Waals surface area contributed by atoms with Crippen molar-refractivity contribution in [1.29, 1.82) is 0 Å². The number of rotatable bonds is 8. The molecule has 0 radical (unpaired) electrons. The Morgan fingerprint density at radius 1 is 0.903 bits per heavy atom. The van der Waals surface area contributed by atoms with E-state index in [1.165, 1.54) is 14.2 Å². The topological polar surface area (TPSA) is 67.1 Å². The molecule has 1 heterocycles. The van der Waals surface area contributed by atoms with Crippen LogP contribution in [0.15, 0.2) is 82.0 Å². The van der Waals surface area contributed by atoms with Crippen LogP contribution < -0.4 is 19.1 Å². The van der Waals surface area contributed by atoms with Crippen LogP contribution in [0.2, 0.25) is 0 Å². The molecule has 0 N–H and O–H groups in total. The van der Waals surface area contributed by atoms with E-state index in [1.807, 2.05) is 36.4 Å². The summed E-state index contributed by atoms with van der Waals surface area (Å²) in [5, 5.41) is 0.458. The van der Waals surface area contributed by atoms with Crippen molar-refractivity contribution in [2.75, 3.05) is 14.2 Å². The van der Waals surface area contributed by atoms with Gasteiger partial charge in [-0.05, 0) is 35.9 Å². The molecule has 31 heavy (non-hydrogen) atoms. The van der Waals surface area contributed by atoms with Gasteiger partial charge in [0.1, 0.15) is 12.2 Å². The molecule has 4 rings (SSSR count). The van der Waals surface area contributed by atoms with E-state index in [0.717, 1.165) is 17.9 Å². The first-order valence-corrected chi connectivity index (χ1v) is 10.2. The van der Waals surface area contributed by atoms with E-state index in [4.69, 9.17) is 22.3 Å². The zero-order valence-electron chi connectivity index (χ0n) is 17.0. The van der Waals surface area contributed by atoms with Crippen molar-refractivity contribution in [1.82, 2.24) is 0 Å². The molecule has 6 nitrogen and oxygen atoms in total. The molecule has 0 fully saturated rings. The Labute approximate surface area is 183 Å². The molecule has 0 saturated heterocycles. The van der Waals surface area contributed by atoms with Crippen molar-refractivity contribution < 1.29 is 22.3 Å². The lowest BCUT2D eigenvalue weighted by atomic mass is 10.1. The Morgan fingerprint density at radius 2 is 1.68 bits per heavy atom. The molecule has 0 spiro atoms. The number of ether oxygens (including phenoxy) is 2. The molecule has 3 aromatic carbocycles. The minimum Gasteiger partial charge on any atom is -0.490 e. The number of hydrogen-bond acceptors (Lipinski definition) is 7. The van der Waals surface area contributed by atoms with Crippen LogP contribution in [-0.4, -0.2) is 14.2 Å². The molecule has 1 aromatic heterocycles. The molecule has 0 bridgehead atoms. The Bertz CT molecular complexity index is 1240. The van der Waals surface area contributed by atoms with Gasteiger partial charge in [0.25, 0.3) is 0 Å². The summed E-state index contributed by atoms with van der Waals surface area (Å²) in [7, 11) is 2.96. The molecule has 0 aliphatic heterocycles. The van der Waals surface area contributed by atoms with E-state index >= 15 is 0 Å². The van der Waals surface area contributed by atoms with Crippen LogP contribution in [0.3, 0.4) is 0 Å². The van der Waals surface area contributed by atoms with Gasteiger partial charge in [0.05, 0.1) is 19.6 Å². The summed E-state index contributed by atoms with van der Waals surface area (Å²) in [5.41, 5.74) is 1.87. The fourth-order valence-corrected chi connectivity index (χ4v) is 3.42. The summed E-state index contributed by atoms with van der Waals surface area (Å²) in [6.07, 6.45) is 0. The standard InChI is InChI=1S/C24H20O6S/c1-26-24-22(25)18-10-6-7-11-19(18)29-23(24)17-12-13-20(30-31-27-2)21(14-17)28-15-16-8-4-3-5-9-16/h3-14H,15H2,1-2H3. The maximum absolute atomic E-state index is 12.9. The van der Waals surface area contributed by atoms with Crippen LogP contribution in [0.1, 0.15) is 5.56 Å². The van der Waals surface area contributed by atoms with Crippen LogP contribution in [0.5, 0.6) is 17.2 Å². The minimum absolute atomic E-state index is 0.132. The summed E-state index contributed by atoms with van der Waals surface area (Å²) in [6.45, 7) is 0.344. The second-order valence-electron chi connectivity index (χ2n) is 6.54. The minimum atomic E-state index is -0.235. The predicted octanol–water partition coefficient (Wildman–Crippen LogP) is 5.64. The highest BCUT2D eigenvalue weighted by molar-refractivity contribution is 7.90. The monoisotopic (exact) mass is 436 g/mol. The summed E-state index contributed by atoms with van der Waals surface area (Å²) in [5.74, 6) is 1.41. The number of benzene rings is 3. The van der Waals surface area contributed by atoms with Crippen molar-refractivity contribution in [2.45, 2.75) is 6.61 Å². The molecular weight excluding hydrogens is 416 g/mol. The predicted molar refractivity (Wildman–Crippen MR) is 120 cm³/mol. The lowest BCUT2D eigenvalue weighted by Crippen LogP contribution is -2.07. The van der Waals surface area contributed by atoms with Crippen molar-refractivity contribution >= 4 is 23.3 Å². The second kappa shape index (κ2) is 9.59. The van der Waals surface area contributed by atoms with Crippen LogP contribution in [0.25, 0.3) is 22.3 Å². The Morgan fingerprint density at radius 3 is 2.45 bits per heavy atom. The molecule has 0 unspecified atom stereocenters. The normalized spacial score (nSPS) is 10.8. The Kier molecular flexibility index (Phi) is 6.45. The highest BCUT2D eigenvalue weighted by Crippen LogP contribution is 2.38. The number of fused-ring (bicyclic) bond motifs is 1. The van der Waals surface area contributed by atoms with Gasteiger partial charge < -0.3 is 18.1 Å². The Hall–Kier alpha value is -3.42. The first kappa shape index (κ1) is 20.8. The number of para-hydroxylation sites is 1. The maximum Gasteiger partial charge on any atom is 0.235 e. The SMILES string of the molecule is COSOc1ccc(-c2oc3ccccc3c(=O)c2OC)cc1OCc1ccccc1. The molecule has 158 valence electrons. The molecular formula is C24H20O6S. The first-order valence-electron chi connectivity index (χ1n) is 9.49. The fraction of sp³-hybridized carbons (Fsp3) is 0.125. The van der Waals surface area contributed by atoms with E-state index in [2.05, 4.69) is 0 Å². The lowest BCUT2D eigenvalue weighted by Gasteiger charge is -2.14. The van der Waals surface area contributed by atoms with Gasteiger partial charge in [0, 0.05) is 5.56 Å². The molecule has 7 heteroatoms. The molecule has 0 aliphatic rings. The molecule has 0 atom stereocenters. The largest absolute Gasteiger partial charge is 0.490 e. The van der Waals surface area contributed by atoms with Gasteiger partial charge in [-0.1, -0.05) is 42.5 Å². The van der Waals surface area contributed by atoms with Crippen LogP contribution >= 0.6 is 12.3 Å². The van der Waals surface area contributed by atoms with Gasteiger partial charge >= 0.3 is 0 Å². The van der Waals surface area contributed by atoms with Gasteiger partial charge in [-0.2, -0.15) is 0 Å². The fourth-order valence-electron chi connectivity index (χ4n) is 3.14. The summed E-state index contributed by atoms with van der Waals surface area (Å²) in [6, 6.07) is 22.1. The third kappa shape index (κ3) is 4.52. The highest BCUT2D eigenvalue weighted by Gasteiger charge is 2.19. The summed E-state index contributed by atoms with van der Waals surface area (Å²) < 4.78 is 28.0. The Balaban J connectivity index is 1.77. The van der Waals surface area contributed by atoms with E-state index < -0.39 is 0 Å². The van der Waals surface area contributed by atoms with Crippen molar-refractivity contribution in [2.24, 2.45) is 0 Å². The summed E-state index contributed by atoms with van der Waals surface area (Å²) in [4.78, 5) is 12.9. The van der Waals surface area contributed by atoms with Gasteiger partial charge in [0.2, 0.25) is 23.5 Å². The van der Waals surface area contributed by atoms with Crippen LogP contribution in [0.4, 0.5) is 0 Å². The lowest BCUT2D eigenvalue weighted by molar-refractivity contribution is 0.296. The van der Waals surface area contributed by atoms with Crippen molar-refractivity contribution in [3.8, 4) is 28.6 Å². The van der Waals surface area contributed by atoms with E-state index in [-0.39, 0.29) is 11.2 Å².